The number of halogens is 1. The predicted octanol–water partition coefficient (Wildman–Crippen LogP) is 4.07. The van der Waals surface area contributed by atoms with Crippen molar-refractivity contribution in [3.63, 3.8) is 0 Å². The van der Waals surface area contributed by atoms with E-state index in [4.69, 9.17) is 21.1 Å². The third-order valence-electron chi connectivity index (χ3n) is 6.04. The van der Waals surface area contributed by atoms with Gasteiger partial charge in [-0.1, -0.05) is 17.7 Å². The second kappa shape index (κ2) is 10.2. The first-order valence-electron chi connectivity index (χ1n) is 11.0. The lowest BCUT2D eigenvalue weighted by Crippen LogP contribution is -2.39. The third-order valence-corrected chi connectivity index (χ3v) is 6.45. The van der Waals surface area contributed by atoms with Crippen LogP contribution in [0, 0.1) is 12.8 Å². The van der Waals surface area contributed by atoms with Crippen LogP contribution in [0.2, 0.25) is 5.02 Å². The summed E-state index contributed by atoms with van der Waals surface area (Å²) in [5.41, 5.74) is 1.93. The molecule has 0 spiro atoms. The number of amides is 1. The van der Waals surface area contributed by atoms with E-state index in [-0.39, 0.29) is 17.4 Å². The monoisotopic (exact) mass is 482 g/mol. The van der Waals surface area contributed by atoms with Crippen molar-refractivity contribution in [2.24, 2.45) is 5.92 Å². The quantitative estimate of drug-likeness (QED) is 0.570. The summed E-state index contributed by atoms with van der Waals surface area (Å²) in [6.07, 6.45) is 1.34. The summed E-state index contributed by atoms with van der Waals surface area (Å²) in [4.78, 5) is 27.4. The van der Waals surface area contributed by atoms with Crippen LogP contribution in [-0.4, -0.2) is 43.0 Å². The summed E-state index contributed by atoms with van der Waals surface area (Å²) in [7, 11) is 3.14. The summed E-state index contributed by atoms with van der Waals surface area (Å²) in [5.74, 6) is 1.71. The molecule has 1 N–H and O–H groups in total. The van der Waals surface area contributed by atoms with E-state index >= 15 is 0 Å². The number of carbonyl (C=O) groups excluding carboxylic acids is 1. The minimum Gasteiger partial charge on any atom is -0.497 e. The van der Waals surface area contributed by atoms with Crippen LogP contribution in [0.15, 0.2) is 53.3 Å². The van der Waals surface area contributed by atoms with Crippen LogP contribution in [0.3, 0.4) is 0 Å². The van der Waals surface area contributed by atoms with Gasteiger partial charge in [0.15, 0.2) is 0 Å². The van der Waals surface area contributed by atoms with Crippen LogP contribution >= 0.6 is 11.6 Å². The van der Waals surface area contributed by atoms with Crippen molar-refractivity contribution in [3.05, 3.63) is 69.5 Å². The molecule has 8 nitrogen and oxygen atoms in total. The van der Waals surface area contributed by atoms with Crippen molar-refractivity contribution in [3.8, 4) is 17.2 Å². The zero-order valence-electron chi connectivity index (χ0n) is 19.4. The summed E-state index contributed by atoms with van der Waals surface area (Å²) in [6.45, 7) is 3.21. The van der Waals surface area contributed by atoms with E-state index in [1.807, 2.05) is 19.1 Å². The topological polar surface area (TPSA) is 85.7 Å². The maximum Gasteiger partial charge on any atom is 0.271 e. The molecule has 1 aromatic heterocycles. The average Bonchev–Trinajstić information content (AvgIpc) is 2.86. The first kappa shape index (κ1) is 23.6. The van der Waals surface area contributed by atoms with Crippen LogP contribution in [0.25, 0.3) is 5.69 Å². The first-order chi connectivity index (χ1) is 16.4. The minimum atomic E-state index is -0.230. The lowest BCUT2D eigenvalue weighted by Gasteiger charge is -2.32. The molecule has 1 amide bonds. The third kappa shape index (κ3) is 5.02. The van der Waals surface area contributed by atoms with Gasteiger partial charge in [0.1, 0.15) is 17.3 Å². The van der Waals surface area contributed by atoms with Gasteiger partial charge in [-0.15, -0.1) is 5.10 Å². The van der Waals surface area contributed by atoms with Gasteiger partial charge >= 0.3 is 0 Å². The van der Waals surface area contributed by atoms with Gasteiger partial charge < -0.3 is 19.7 Å². The van der Waals surface area contributed by atoms with Crippen LogP contribution in [0.4, 0.5) is 11.5 Å². The van der Waals surface area contributed by atoms with Gasteiger partial charge in [-0.2, -0.15) is 4.68 Å². The Morgan fingerprint density at radius 3 is 2.50 bits per heavy atom. The molecule has 1 saturated heterocycles. The number of aryl methyl sites for hydroxylation is 1. The molecule has 1 aliphatic heterocycles. The van der Waals surface area contributed by atoms with Crippen molar-refractivity contribution in [1.82, 2.24) is 9.78 Å². The molecule has 0 atom stereocenters. The van der Waals surface area contributed by atoms with E-state index in [0.717, 1.165) is 5.56 Å². The summed E-state index contributed by atoms with van der Waals surface area (Å²) in [6, 6.07) is 13.9. The number of methoxy groups -OCH3 is 2. The minimum absolute atomic E-state index is 0.0460. The highest BCUT2D eigenvalue weighted by molar-refractivity contribution is 6.31. The molecule has 1 fully saturated rings. The van der Waals surface area contributed by atoms with E-state index in [2.05, 4.69) is 15.3 Å². The number of nitrogens with zero attached hydrogens (tertiary/aromatic N) is 3. The Bertz CT molecular complexity index is 1250. The molecule has 0 saturated carbocycles. The number of benzene rings is 2. The standard InChI is InChI=1S/C25H27ClN4O4/c1-16-4-5-18(14-20(16)26)30-24(31)9-8-23(28-30)29-12-10-17(11-13-29)25(32)27-21-7-6-19(33-2)15-22(21)34-3/h4-9,14-15,17H,10-13H2,1-3H3,(H,27,32). The normalized spacial score (nSPS) is 14.1. The maximum absolute atomic E-state index is 12.9. The van der Waals surface area contributed by atoms with Gasteiger partial charge in [-0.25, -0.2) is 0 Å². The van der Waals surface area contributed by atoms with Gasteiger partial charge in [0, 0.05) is 36.2 Å². The lowest BCUT2D eigenvalue weighted by atomic mass is 9.95. The number of anilines is 2. The Kier molecular flexibility index (Phi) is 7.07. The van der Waals surface area contributed by atoms with Gasteiger partial charge in [0.05, 0.1) is 25.6 Å². The number of hydrogen-bond acceptors (Lipinski definition) is 6. The Morgan fingerprint density at radius 1 is 1.06 bits per heavy atom. The molecule has 0 bridgehead atoms. The fourth-order valence-electron chi connectivity index (χ4n) is 3.98. The van der Waals surface area contributed by atoms with E-state index in [1.165, 1.54) is 10.7 Å². The lowest BCUT2D eigenvalue weighted by molar-refractivity contribution is -0.120. The first-order valence-corrected chi connectivity index (χ1v) is 11.4. The Balaban J connectivity index is 1.43. The molecule has 1 aliphatic rings. The molecule has 2 aromatic carbocycles. The van der Waals surface area contributed by atoms with E-state index < -0.39 is 0 Å². The highest BCUT2D eigenvalue weighted by Crippen LogP contribution is 2.30. The smallest absolute Gasteiger partial charge is 0.271 e. The van der Waals surface area contributed by atoms with Crippen molar-refractivity contribution in [2.75, 3.05) is 37.5 Å². The van der Waals surface area contributed by atoms with Crippen molar-refractivity contribution >= 4 is 29.0 Å². The molecule has 34 heavy (non-hydrogen) atoms. The molecule has 4 rings (SSSR count). The Labute approximate surface area is 203 Å². The summed E-state index contributed by atoms with van der Waals surface area (Å²) >= 11 is 6.24. The fourth-order valence-corrected chi connectivity index (χ4v) is 4.15. The number of aromatic nitrogens is 2. The number of nitrogens with one attached hydrogen (secondary N) is 1. The highest BCUT2D eigenvalue weighted by atomic mass is 35.5. The van der Waals surface area contributed by atoms with Crippen molar-refractivity contribution in [2.45, 2.75) is 19.8 Å². The number of rotatable bonds is 6. The van der Waals surface area contributed by atoms with Crippen molar-refractivity contribution in [1.29, 1.82) is 0 Å². The molecular weight excluding hydrogens is 456 g/mol. The maximum atomic E-state index is 12.9. The number of hydrogen-bond donors (Lipinski definition) is 1. The van der Waals surface area contributed by atoms with Crippen LogP contribution in [-0.2, 0) is 4.79 Å². The number of carbonyl (C=O) groups is 1. The SMILES string of the molecule is COc1ccc(NC(=O)C2CCN(c3ccc(=O)n(-c4ccc(C)c(Cl)c4)n3)CC2)c(OC)c1. The van der Waals surface area contributed by atoms with Gasteiger partial charge in [-0.05, 0) is 55.7 Å². The molecule has 3 aromatic rings. The molecule has 0 aliphatic carbocycles. The van der Waals surface area contributed by atoms with E-state index in [9.17, 15) is 9.59 Å². The second-order valence-corrected chi connectivity index (χ2v) is 8.60. The predicted molar refractivity (Wildman–Crippen MR) is 133 cm³/mol. The molecule has 9 heteroatoms. The average molecular weight is 483 g/mol. The summed E-state index contributed by atoms with van der Waals surface area (Å²) < 4.78 is 11.9. The highest BCUT2D eigenvalue weighted by Gasteiger charge is 2.26. The zero-order valence-corrected chi connectivity index (χ0v) is 20.1. The fraction of sp³-hybridized carbons (Fsp3) is 0.320. The van der Waals surface area contributed by atoms with E-state index in [0.29, 0.717) is 59.6 Å². The van der Waals surface area contributed by atoms with Crippen LogP contribution in [0.1, 0.15) is 18.4 Å². The van der Waals surface area contributed by atoms with Gasteiger partial charge in [-0.3, -0.25) is 9.59 Å². The molecule has 2 heterocycles. The van der Waals surface area contributed by atoms with Gasteiger partial charge in [0.2, 0.25) is 5.91 Å². The van der Waals surface area contributed by atoms with Crippen LogP contribution in [0.5, 0.6) is 11.5 Å². The van der Waals surface area contributed by atoms with E-state index in [1.54, 1.807) is 44.6 Å². The van der Waals surface area contributed by atoms with Crippen molar-refractivity contribution < 1.29 is 14.3 Å². The summed E-state index contributed by atoms with van der Waals surface area (Å²) in [5, 5.41) is 8.11. The zero-order chi connectivity index (χ0) is 24.2. The van der Waals surface area contributed by atoms with Crippen LogP contribution < -0.4 is 25.2 Å². The molecule has 0 radical (unpaired) electrons. The number of piperidine rings is 1. The molecule has 0 unspecified atom stereocenters. The Morgan fingerprint density at radius 2 is 1.82 bits per heavy atom. The Hall–Kier alpha value is -3.52. The molecule has 178 valence electrons. The van der Waals surface area contributed by atoms with Gasteiger partial charge in [0.25, 0.3) is 5.56 Å². The largest absolute Gasteiger partial charge is 0.497 e. The number of ether oxygens (including phenoxy) is 2. The molecular formula is C25H27ClN4O4. The second-order valence-electron chi connectivity index (χ2n) is 8.19.